The third kappa shape index (κ3) is 4.14. The molecule has 0 bridgehead atoms. The highest BCUT2D eigenvalue weighted by Gasteiger charge is 2.28. The van der Waals surface area contributed by atoms with Gasteiger partial charge in [-0.1, -0.05) is 13.8 Å². The average molecular weight is 348 g/mol. The van der Waals surface area contributed by atoms with Crippen molar-refractivity contribution in [1.29, 1.82) is 0 Å². The van der Waals surface area contributed by atoms with Crippen LogP contribution in [0.1, 0.15) is 43.6 Å². The molecule has 138 valence electrons. The van der Waals surface area contributed by atoms with Crippen LogP contribution in [-0.4, -0.2) is 64.2 Å². The number of aryl methyl sites for hydroxylation is 1. The summed E-state index contributed by atoms with van der Waals surface area (Å²) < 4.78 is 7.14. The summed E-state index contributed by atoms with van der Waals surface area (Å²) in [6.45, 7) is 7.49. The summed E-state index contributed by atoms with van der Waals surface area (Å²) in [5.74, 6) is 1.39. The molecule has 2 aliphatic rings. The van der Waals surface area contributed by atoms with Crippen LogP contribution in [0.2, 0.25) is 0 Å². The van der Waals surface area contributed by atoms with Crippen molar-refractivity contribution in [1.82, 2.24) is 19.6 Å². The third-order valence-electron chi connectivity index (χ3n) is 5.01. The first kappa shape index (κ1) is 17.8. The second kappa shape index (κ2) is 7.45. The average Bonchev–Trinajstić information content (AvgIpc) is 3.21. The van der Waals surface area contributed by atoms with Crippen molar-refractivity contribution >= 4 is 11.8 Å². The Morgan fingerprint density at radius 2 is 1.80 bits per heavy atom. The van der Waals surface area contributed by atoms with Gasteiger partial charge in [0.25, 0.3) is 11.8 Å². The molecule has 2 amide bonds. The fourth-order valence-corrected chi connectivity index (χ4v) is 3.87. The lowest BCUT2D eigenvalue weighted by atomic mass is 9.92. The number of hydrogen-bond acceptors (Lipinski definition) is 4. The predicted octanol–water partition coefficient (Wildman–Crippen LogP) is 1.54. The van der Waals surface area contributed by atoms with Crippen LogP contribution in [0.3, 0.4) is 0 Å². The lowest BCUT2D eigenvalue weighted by Gasteiger charge is -2.34. The number of ether oxygens (including phenoxy) is 1. The number of carbonyl (C=O) groups is 2. The summed E-state index contributed by atoms with van der Waals surface area (Å²) in [5.41, 5.74) is 0.382. The van der Waals surface area contributed by atoms with E-state index in [1.165, 1.54) is 4.68 Å². The van der Waals surface area contributed by atoms with Crippen molar-refractivity contribution in [3.63, 3.8) is 0 Å². The molecule has 2 aliphatic heterocycles. The van der Waals surface area contributed by atoms with Gasteiger partial charge in [-0.05, 0) is 31.1 Å². The summed E-state index contributed by atoms with van der Waals surface area (Å²) in [4.78, 5) is 28.5. The molecule has 3 heterocycles. The summed E-state index contributed by atoms with van der Waals surface area (Å²) in [7, 11) is 1.73. The van der Waals surface area contributed by atoms with Crippen LogP contribution in [-0.2, 0) is 11.8 Å². The molecule has 0 aliphatic carbocycles. The second-order valence-corrected chi connectivity index (χ2v) is 7.52. The fraction of sp³-hybridized carbons (Fsp3) is 0.722. The van der Waals surface area contributed by atoms with Crippen LogP contribution >= 0.6 is 0 Å². The van der Waals surface area contributed by atoms with E-state index in [2.05, 4.69) is 18.9 Å². The molecule has 2 atom stereocenters. The van der Waals surface area contributed by atoms with E-state index in [-0.39, 0.29) is 18.4 Å². The van der Waals surface area contributed by atoms with E-state index >= 15 is 0 Å². The van der Waals surface area contributed by atoms with Gasteiger partial charge in [0.1, 0.15) is 0 Å². The Morgan fingerprint density at radius 3 is 2.44 bits per heavy atom. The summed E-state index contributed by atoms with van der Waals surface area (Å²) in [5, 5.41) is 4.29. The summed E-state index contributed by atoms with van der Waals surface area (Å²) in [6, 6.07) is 1.64. The van der Waals surface area contributed by atoms with Gasteiger partial charge in [-0.25, -0.2) is 4.68 Å². The van der Waals surface area contributed by atoms with Gasteiger partial charge in [0.15, 0.2) is 12.3 Å². The zero-order chi connectivity index (χ0) is 18.0. The van der Waals surface area contributed by atoms with Crippen LogP contribution in [0.4, 0.5) is 0 Å². The van der Waals surface area contributed by atoms with Crippen molar-refractivity contribution < 1.29 is 14.3 Å². The lowest BCUT2D eigenvalue weighted by Crippen LogP contribution is -2.42. The quantitative estimate of drug-likeness (QED) is 0.828. The standard InChI is InChI=1S/C18H28N4O3/c1-13-8-14(2)11-22(10-13)18(24)15-9-17(20(3)19-15)25-12-16(23)21-6-4-5-7-21/h9,13-14H,4-8,10-12H2,1-3H3/t13-,14-/m0/s1. The minimum atomic E-state index is -0.0604. The Balaban J connectivity index is 1.61. The Labute approximate surface area is 148 Å². The maximum absolute atomic E-state index is 12.7. The van der Waals surface area contributed by atoms with Gasteiger partial charge in [0.05, 0.1) is 0 Å². The van der Waals surface area contributed by atoms with Gasteiger partial charge in [-0.3, -0.25) is 9.59 Å². The Kier molecular flexibility index (Phi) is 5.30. The van der Waals surface area contributed by atoms with E-state index in [1.54, 1.807) is 13.1 Å². The first-order chi connectivity index (χ1) is 11.9. The molecule has 7 heteroatoms. The number of rotatable bonds is 4. The largest absolute Gasteiger partial charge is 0.468 e. The molecular formula is C18H28N4O3. The topological polar surface area (TPSA) is 67.7 Å². The number of nitrogens with zero attached hydrogens (tertiary/aromatic N) is 4. The van der Waals surface area contributed by atoms with Gasteiger partial charge in [0.2, 0.25) is 5.88 Å². The minimum Gasteiger partial charge on any atom is -0.468 e. The van der Waals surface area contributed by atoms with Gasteiger partial charge in [-0.2, -0.15) is 5.10 Å². The second-order valence-electron chi connectivity index (χ2n) is 7.52. The van der Waals surface area contributed by atoms with Crippen molar-refractivity contribution in [2.24, 2.45) is 18.9 Å². The first-order valence-electron chi connectivity index (χ1n) is 9.18. The number of amides is 2. The molecular weight excluding hydrogens is 320 g/mol. The molecule has 0 saturated carbocycles. The van der Waals surface area contributed by atoms with Crippen molar-refractivity contribution in [2.75, 3.05) is 32.8 Å². The van der Waals surface area contributed by atoms with Gasteiger partial charge in [-0.15, -0.1) is 0 Å². The number of piperidine rings is 1. The number of hydrogen-bond donors (Lipinski definition) is 0. The van der Waals surface area contributed by atoms with Crippen LogP contribution in [0.5, 0.6) is 5.88 Å². The van der Waals surface area contributed by atoms with Crippen molar-refractivity contribution in [2.45, 2.75) is 33.1 Å². The van der Waals surface area contributed by atoms with E-state index < -0.39 is 0 Å². The molecule has 7 nitrogen and oxygen atoms in total. The lowest BCUT2D eigenvalue weighted by molar-refractivity contribution is -0.132. The highest BCUT2D eigenvalue weighted by atomic mass is 16.5. The molecule has 0 unspecified atom stereocenters. The maximum Gasteiger partial charge on any atom is 0.274 e. The third-order valence-corrected chi connectivity index (χ3v) is 5.01. The Morgan fingerprint density at radius 1 is 1.16 bits per heavy atom. The van der Waals surface area contributed by atoms with Gasteiger partial charge < -0.3 is 14.5 Å². The molecule has 2 saturated heterocycles. The normalized spacial score (nSPS) is 23.8. The van der Waals surface area contributed by atoms with E-state index in [0.717, 1.165) is 45.4 Å². The Hall–Kier alpha value is -2.05. The molecule has 0 N–H and O–H groups in total. The molecule has 0 aromatic carbocycles. The van der Waals surface area contributed by atoms with Crippen LogP contribution in [0.25, 0.3) is 0 Å². The SMILES string of the molecule is C[C@H]1C[C@H](C)CN(C(=O)c2cc(OCC(=O)N3CCCC3)n(C)n2)C1. The van der Waals surface area contributed by atoms with E-state index in [4.69, 9.17) is 4.74 Å². The summed E-state index contributed by atoms with van der Waals surface area (Å²) in [6.07, 6.45) is 3.27. The van der Waals surface area contributed by atoms with Crippen LogP contribution in [0.15, 0.2) is 6.07 Å². The minimum absolute atomic E-state index is 0.00898. The van der Waals surface area contributed by atoms with Crippen molar-refractivity contribution in [3.05, 3.63) is 11.8 Å². The maximum atomic E-state index is 12.7. The molecule has 25 heavy (non-hydrogen) atoms. The highest BCUT2D eigenvalue weighted by Crippen LogP contribution is 2.23. The number of likely N-dealkylation sites (tertiary alicyclic amines) is 2. The molecule has 3 rings (SSSR count). The van der Waals surface area contributed by atoms with Crippen LogP contribution in [0, 0.1) is 11.8 Å². The number of aromatic nitrogens is 2. The molecule has 1 aromatic heterocycles. The molecule has 0 radical (unpaired) electrons. The zero-order valence-electron chi connectivity index (χ0n) is 15.4. The first-order valence-corrected chi connectivity index (χ1v) is 9.18. The fourth-order valence-electron chi connectivity index (χ4n) is 3.87. The smallest absolute Gasteiger partial charge is 0.274 e. The number of carbonyl (C=O) groups excluding carboxylic acids is 2. The van der Waals surface area contributed by atoms with Gasteiger partial charge in [0, 0.05) is 39.3 Å². The van der Waals surface area contributed by atoms with Crippen molar-refractivity contribution in [3.8, 4) is 5.88 Å². The monoisotopic (exact) mass is 348 g/mol. The van der Waals surface area contributed by atoms with Crippen LogP contribution < -0.4 is 4.74 Å². The zero-order valence-corrected chi connectivity index (χ0v) is 15.4. The van der Waals surface area contributed by atoms with E-state index in [1.807, 2.05) is 9.80 Å². The highest BCUT2D eigenvalue weighted by molar-refractivity contribution is 5.92. The van der Waals surface area contributed by atoms with E-state index in [9.17, 15) is 9.59 Å². The van der Waals surface area contributed by atoms with Gasteiger partial charge >= 0.3 is 0 Å². The predicted molar refractivity (Wildman–Crippen MR) is 93.4 cm³/mol. The summed E-state index contributed by atoms with van der Waals surface area (Å²) >= 11 is 0. The molecule has 2 fully saturated rings. The Bertz CT molecular complexity index is 626. The molecule has 1 aromatic rings. The molecule has 0 spiro atoms. The van der Waals surface area contributed by atoms with E-state index in [0.29, 0.717) is 23.4 Å².